The zero-order valence-electron chi connectivity index (χ0n) is 11.2. The molecule has 1 aliphatic rings. The van der Waals surface area contributed by atoms with Gasteiger partial charge in [0.15, 0.2) is 0 Å². The predicted molar refractivity (Wildman–Crippen MR) is 72.4 cm³/mol. The van der Waals surface area contributed by atoms with Crippen molar-refractivity contribution in [3.8, 4) is 0 Å². The number of rotatable bonds is 2. The van der Waals surface area contributed by atoms with Crippen molar-refractivity contribution in [3.63, 3.8) is 0 Å². The van der Waals surface area contributed by atoms with Crippen LogP contribution in [0.15, 0.2) is 23.8 Å². The molecule has 1 unspecified atom stereocenters. The molecule has 1 N–H and O–H groups in total. The van der Waals surface area contributed by atoms with Gasteiger partial charge >= 0.3 is 0 Å². The van der Waals surface area contributed by atoms with E-state index in [1.54, 1.807) is 13.8 Å². The highest BCUT2D eigenvalue weighted by molar-refractivity contribution is 5.57. The van der Waals surface area contributed by atoms with Gasteiger partial charge in [0.25, 0.3) is 0 Å². The zero-order valence-corrected chi connectivity index (χ0v) is 11.2. The second-order valence-electron chi connectivity index (χ2n) is 5.08. The second kappa shape index (κ2) is 5.11. The van der Waals surface area contributed by atoms with Crippen LogP contribution in [-0.4, -0.2) is 18.2 Å². The highest BCUT2D eigenvalue weighted by Crippen LogP contribution is 2.30. The summed E-state index contributed by atoms with van der Waals surface area (Å²) in [4.78, 5) is 2.20. The summed E-state index contributed by atoms with van der Waals surface area (Å²) in [6, 6.07) is 3.30. The van der Waals surface area contributed by atoms with Crippen molar-refractivity contribution < 1.29 is 9.50 Å². The number of aryl methyl sites for hydroxylation is 1. The molecule has 1 aliphatic heterocycles. The Labute approximate surface area is 108 Å². The summed E-state index contributed by atoms with van der Waals surface area (Å²) >= 11 is 0. The molecule has 0 bridgehead atoms. The third-order valence-corrected chi connectivity index (χ3v) is 3.53. The van der Waals surface area contributed by atoms with Crippen molar-refractivity contribution in [2.24, 2.45) is 0 Å². The third-order valence-electron chi connectivity index (χ3n) is 3.53. The lowest BCUT2D eigenvalue weighted by atomic mass is 10.0. The number of nitrogens with zero attached hydrogens (tertiary/aromatic N) is 1. The molecule has 0 aromatic heterocycles. The maximum atomic E-state index is 13.6. The maximum Gasteiger partial charge on any atom is 0.126 e. The highest BCUT2D eigenvalue weighted by Gasteiger charge is 2.18. The van der Waals surface area contributed by atoms with Crippen LogP contribution >= 0.6 is 0 Å². The van der Waals surface area contributed by atoms with Gasteiger partial charge in [-0.15, -0.1) is 0 Å². The van der Waals surface area contributed by atoms with Crippen LogP contribution < -0.4 is 4.90 Å². The number of halogens is 1. The summed E-state index contributed by atoms with van der Waals surface area (Å²) < 4.78 is 13.6. The normalized spacial score (nSPS) is 17.6. The Morgan fingerprint density at radius 3 is 2.61 bits per heavy atom. The Balaban J connectivity index is 2.40. The average molecular weight is 249 g/mol. The van der Waals surface area contributed by atoms with Crippen molar-refractivity contribution in [3.05, 3.63) is 40.7 Å². The van der Waals surface area contributed by atoms with Crippen LogP contribution in [0.1, 0.15) is 37.5 Å². The highest BCUT2D eigenvalue weighted by atomic mass is 19.1. The summed E-state index contributed by atoms with van der Waals surface area (Å²) in [5.74, 6) is -0.251. The molecule has 1 atom stereocenters. The second-order valence-corrected chi connectivity index (χ2v) is 5.08. The molecule has 1 aromatic carbocycles. The summed E-state index contributed by atoms with van der Waals surface area (Å²) in [7, 11) is 0. The Morgan fingerprint density at radius 1 is 1.33 bits per heavy atom. The van der Waals surface area contributed by atoms with Gasteiger partial charge in [0.05, 0.1) is 6.10 Å². The molecule has 18 heavy (non-hydrogen) atoms. The molecule has 0 spiro atoms. The fourth-order valence-electron chi connectivity index (χ4n) is 2.28. The minimum atomic E-state index is -0.651. The van der Waals surface area contributed by atoms with Gasteiger partial charge in [-0.25, -0.2) is 4.39 Å². The van der Waals surface area contributed by atoms with E-state index in [0.717, 1.165) is 25.2 Å². The molecule has 0 fully saturated rings. The number of aliphatic hydroxyl groups excluding tert-OH is 1. The molecular formula is C15H20FNO. The zero-order chi connectivity index (χ0) is 13.3. The molecule has 0 saturated heterocycles. The fourth-order valence-corrected chi connectivity index (χ4v) is 2.28. The lowest BCUT2D eigenvalue weighted by molar-refractivity contribution is 0.199. The first kappa shape index (κ1) is 13.1. The van der Waals surface area contributed by atoms with Gasteiger partial charge in [-0.3, -0.25) is 0 Å². The lowest BCUT2D eigenvalue weighted by Gasteiger charge is -2.30. The van der Waals surface area contributed by atoms with E-state index in [1.807, 2.05) is 6.07 Å². The summed E-state index contributed by atoms with van der Waals surface area (Å²) in [6.45, 7) is 7.32. The molecule has 0 saturated carbocycles. The van der Waals surface area contributed by atoms with E-state index >= 15 is 0 Å². The Bertz CT molecular complexity index is 480. The Morgan fingerprint density at radius 2 is 2.06 bits per heavy atom. The standard InChI is InChI=1S/C15H20FNO/c1-10-4-6-17(7-5-10)15-8-11(2)14(16)9-13(15)12(3)18/h4,8-9,12,18H,5-7H2,1-3H3. The molecule has 1 heterocycles. The number of aliphatic hydroxyl groups is 1. The van der Waals surface area contributed by atoms with E-state index in [2.05, 4.69) is 17.9 Å². The van der Waals surface area contributed by atoms with Gasteiger partial charge < -0.3 is 10.0 Å². The number of hydrogen-bond acceptors (Lipinski definition) is 2. The van der Waals surface area contributed by atoms with Gasteiger partial charge in [0.2, 0.25) is 0 Å². The summed E-state index contributed by atoms with van der Waals surface area (Å²) in [6.07, 6.45) is 2.56. The SMILES string of the molecule is CC1=CCN(c2cc(C)c(F)cc2C(C)O)CC1. The van der Waals surface area contributed by atoms with Crippen molar-refractivity contribution in [2.45, 2.75) is 33.3 Å². The van der Waals surface area contributed by atoms with E-state index in [-0.39, 0.29) is 5.82 Å². The van der Waals surface area contributed by atoms with Crippen LogP contribution in [0.2, 0.25) is 0 Å². The van der Waals surface area contributed by atoms with Crippen LogP contribution in [-0.2, 0) is 0 Å². The van der Waals surface area contributed by atoms with E-state index in [4.69, 9.17) is 0 Å². The van der Waals surface area contributed by atoms with Crippen molar-refractivity contribution in [1.29, 1.82) is 0 Å². The molecule has 2 nitrogen and oxygen atoms in total. The van der Waals surface area contributed by atoms with Gasteiger partial charge in [-0.1, -0.05) is 11.6 Å². The van der Waals surface area contributed by atoms with Gasteiger partial charge in [0, 0.05) is 24.3 Å². The molecule has 1 aromatic rings. The van der Waals surface area contributed by atoms with Gasteiger partial charge in [-0.2, -0.15) is 0 Å². The minimum Gasteiger partial charge on any atom is -0.389 e. The molecule has 3 heteroatoms. The molecule has 98 valence electrons. The molecule has 0 aliphatic carbocycles. The molecule has 0 amide bonds. The van der Waals surface area contributed by atoms with Crippen LogP contribution in [0.3, 0.4) is 0 Å². The largest absolute Gasteiger partial charge is 0.389 e. The van der Waals surface area contributed by atoms with E-state index in [9.17, 15) is 9.50 Å². The quantitative estimate of drug-likeness (QED) is 0.813. The van der Waals surface area contributed by atoms with Gasteiger partial charge in [-0.05, 0) is 44.9 Å². The Kier molecular flexibility index (Phi) is 3.71. The third kappa shape index (κ3) is 2.56. The summed E-state index contributed by atoms with van der Waals surface area (Å²) in [5.41, 5.74) is 3.64. The lowest BCUT2D eigenvalue weighted by Crippen LogP contribution is -2.29. The number of benzene rings is 1. The van der Waals surface area contributed by atoms with Crippen LogP contribution in [0.4, 0.5) is 10.1 Å². The topological polar surface area (TPSA) is 23.5 Å². The maximum absolute atomic E-state index is 13.6. The first-order chi connectivity index (χ1) is 8.49. The molecular weight excluding hydrogens is 229 g/mol. The van der Waals surface area contributed by atoms with Crippen LogP contribution in [0.5, 0.6) is 0 Å². The molecule has 0 radical (unpaired) electrons. The van der Waals surface area contributed by atoms with E-state index in [1.165, 1.54) is 11.6 Å². The van der Waals surface area contributed by atoms with Crippen molar-refractivity contribution in [2.75, 3.05) is 18.0 Å². The Hall–Kier alpha value is -1.35. The number of anilines is 1. The average Bonchev–Trinajstić information content (AvgIpc) is 2.33. The first-order valence-electron chi connectivity index (χ1n) is 6.37. The molecule has 2 rings (SSSR count). The minimum absolute atomic E-state index is 0.251. The fraction of sp³-hybridized carbons (Fsp3) is 0.467. The van der Waals surface area contributed by atoms with Crippen LogP contribution in [0, 0.1) is 12.7 Å². The number of hydrogen-bond donors (Lipinski definition) is 1. The predicted octanol–water partition coefficient (Wildman–Crippen LogP) is 3.34. The van der Waals surface area contributed by atoms with Crippen molar-refractivity contribution >= 4 is 5.69 Å². The van der Waals surface area contributed by atoms with E-state index in [0.29, 0.717) is 11.1 Å². The van der Waals surface area contributed by atoms with E-state index < -0.39 is 6.10 Å². The smallest absolute Gasteiger partial charge is 0.126 e. The monoisotopic (exact) mass is 249 g/mol. The van der Waals surface area contributed by atoms with Crippen LogP contribution in [0.25, 0.3) is 0 Å². The first-order valence-corrected chi connectivity index (χ1v) is 6.37. The van der Waals surface area contributed by atoms with Crippen molar-refractivity contribution in [1.82, 2.24) is 0 Å². The van der Waals surface area contributed by atoms with Gasteiger partial charge in [0.1, 0.15) is 5.82 Å². The summed E-state index contributed by atoms with van der Waals surface area (Å²) in [5, 5.41) is 9.79.